The number of amides is 3. The van der Waals surface area contributed by atoms with Gasteiger partial charge in [0.2, 0.25) is 11.8 Å². The number of aliphatic carboxylic acids is 1. The number of carbonyl (C=O) groups is 5. The van der Waals surface area contributed by atoms with Crippen LogP contribution in [0.1, 0.15) is 37.0 Å². The molecule has 0 aliphatic carbocycles. The molecule has 13 heteroatoms. The summed E-state index contributed by atoms with van der Waals surface area (Å²) in [5, 5.41) is 13.5. The first-order valence-corrected chi connectivity index (χ1v) is 10.6. The minimum absolute atomic E-state index is 0.0844. The van der Waals surface area contributed by atoms with Gasteiger partial charge < -0.3 is 31.2 Å². The van der Waals surface area contributed by atoms with Crippen LogP contribution in [0.25, 0.3) is 0 Å². The molecular weight excluding hydrogens is 478 g/mol. The predicted octanol–water partition coefficient (Wildman–Crippen LogP) is 1.07. The number of carboxylic acid groups (broad SMARTS) is 1. The molecule has 3 amide bonds. The molecule has 0 aromatic heterocycles. The van der Waals surface area contributed by atoms with Crippen LogP contribution in [0.5, 0.6) is 0 Å². The second-order valence-electron chi connectivity index (χ2n) is 8.32. The molecule has 1 fully saturated rings. The highest BCUT2D eigenvalue weighted by atomic mass is 35.5. The van der Waals surface area contributed by atoms with Crippen LogP contribution in [0, 0.1) is 5.92 Å². The van der Waals surface area contributed by atoms with Gasteiger partial charge in [-0.25, -0.2) is 8.78 Å². The third kappa shape index (κ3) is 6.62. The van der Waals surface area contributed by atoms with E-state index in [0.29, 0.717) is 4.90 Å². The van der Waals surface area contributed by atoms with E-state index in [-0.39, 0.29) is 22.6 Å². The van der Waals surface area contributed by atoms with Gasteiger partial charge >= 0.3 is 5.97 Å². The summed E-state index contributed by atoms with van der Waals surface area (Å²) in [6, 6.07) is -0.327. The van der Waals surface area contributed by atoms with Crippen molar-refractivity contribution in [3.8, 4) is 0 Å². The maximum atomic E-state index is 14.2. The van der Waals surface area contributed by atoms with Gasteiger partial charge in [0, 0.05) is 12.0 Å². The van der Waals surface area contributed by atoms with E-state index in [1.54, 1.807) is 13.8 Å². The normalized spacial score (nSPS) is 18.8. The number of aldehydes is 1. The lowest BCUT2D eigenvalue weighted by atomic mass is 10.0. The molecule has 1 aromatic rings. The fourth-order valence-electron chi connectivity index (χ4n) is 3.47. The standard InChI is InChI=1S/C21H25ClF2N4O6/c1-10(2)17(27-18(32)11-3-4-14(25)13(22)5-11)20(34)28-9-21(23,24)7-15(28)19(33)26-12(8-29)6-16(30)31/h3-5,8,10,12,15,17H,6-7,9,25H2,1-2H3,(H,26,33)(H,27,32)(H,30,31)/t12-,15-,17-/m0/s1. The lowest BCUT2D eigenvalue weighted by Gasteiger charge is -2.30. The van der Waals surface area contributed by atoms with Crippen molar-refractivity contribution in [2.24, 2.45) is 5.92 Å². The fraction of sp³-hybridized carbons (Fsp3) is 0.476. The number of likely N-dealkylation sites (tertiary alicyclic amines) is 1. The molecule has 0 bridgehead atoms. The zero-order chi connectivity index (χ0) is 25.8. The molecular formula is C21H25ClF2N4O6. The van der Waals surface area contributed by atoms with Crippen LogP contribution in [-0.4, -0.2) is 70.6 Å². The molecule has 1 saturated heterocycles. The summed E-state index contributed by atoms with van der Waals surface area (Å²) in [4.78, 5) is 61.0. The number of nitrogen functional groups attached to an aromatic ring is 1. The summed E-state index contributed by atoms with van der Waals surface area (Å²) in [6.45, 7) is 2.08. The minimum atomic E-state index is -3.41. The van der Waals surface area contributed by atoms with Gasteiger partial charge in [0.1, 0.15) is 18.4 Å². The first-order valence-electron chi connectivity index (χ1n) is 10.3. The number of nitrogens with one attached hydrogen (secondary N) is 2. The average Bonchev–Trinajstić information content (AvgIpc) is 3.07. The Labute approximate surface area is 198 Å². The Morgan fingerprint density at radius 1 is 1.29 bits per heavy atom. The minimum Gasteiger partial charge on any atom is -0.481 e. The molecule has 1 heterocycles. The van der Waals surface area contributed by atoms with Crippen LogP contribution < -0.4 is 16.4 Å². The molecule has 0 radical (unpaired) electrons. The topological polar surface area (TPSA) is 159 Å². The maximum absolute atomic E-state index is 14.2. The number of nitrogens with zero attached hydrogens (tertiary/aromatic N) is 1. The van der Waals surface area contributed by atoms with E-state index in [9.17, 15) is 32.8 Å². The second kappa shape index (κ2) is 10.8. The van der Waals surface area contributed by atoms with Crippen molar-refractivity contribution >= 4 is 47.3 Å². The van der Waals surface area contributed by atoms with Crippen LogP contribution in [0.15, 0.2) is 18.2 Å². The molecule has 186 valence electrons. The van der Waals surface area contributed by atoms with Gasteiger partial charge in [-0.15, -0.1) is 0 Å². The number of halogens is 3. The van der Waals surface area contributed by atoms with Gasteiger partial charge in [0.15, 0.2) is 0 Å². The third-order valence-corrected chi connectivity index (χ3v) is 5.55. The lowest BCUT2D eigenvalue weighted by Crippen LogP contribution is -2.56. The first-order chi connectivity index (χ1) is 15.8. The number of benzene rings is 1. The van der Waals surface area contributed by atoms with Gasteiger partial charge in [-0.1, -0.05) is 25.4 Å². The Hall–Kier alpha value is -3.28. The number of alkyl halides is 2. The molecule has 34 heavy (non-hydrogen) atoms. The van der Waals surface area contributed by atoms with Gasteiger partial charge in [0.05, 0.1) is 29.7 Å². The van der Waals surface area contributed by atoms with Crippen molar-refractivity contribution in [2.45, 2.75) is 50.7 Å². The van der Waals surface area contributed by atoms with E-state index in [1.807, 2.05) is 0 Å². The Kier molecular flexibility index (Phi) is 8.54. The van der Waals surface area contributed by atoms with Crippen molar-refractivity contribution in [1.29, 1.82) is 0 Å². The molecule has 1 aromatic carbocycles. The molecule has 1 aliphatic heterocycles. The lowest BCUT2D eigenvalue weighted by molar-refractivity contribution is -0.142. The van der Waals surface area contributed by atoms with Crippen molar-refractivity contribution in [3.05, 3.63) is 28.8 Å². The van der Waals surface area contributed by atoms with Crippen LogP contribution in [-0.2, 0) is 19.2 Å². The summed E-state index contributed by atoms with van der Waals surface area (Å²) in [6.07, 6.45) is -1.60. The van der Waals surface area contributed by atoms with Crippen molar-refractivity contribution in [2.75, 3.05) is 12.3 Å². The molecule has 10 nitrogen and oxygen atoms in total. The summed E-state index contributed by atoms with van der Waals surface area (Å²) < 4.78 is 28.4. The molecule has 5 N–H and O–H groups in total. The number of carboxylic acids is 1. The predicted molar refractivity (Wildman–Crippen MR) is 117 cm³/mol. The van der Waals surface area contributed by atoms with Crippen molar-refractivity contribution < 1.29 is 37.9 Å². The zero-order valence-electron chi connectivity index (χ0n) is 18.4. The third-order valence-electron chi connectivity index (χ3n) is 5.22. The number of carbonyl (C=O) groups excluding carboxylic acids is 4. The highest BCUT2D eigenvalue weighted by molar-refractivity contribution is 6.33. The van der Waals surface area contributed by atoms with E-state index in [0.717, 1.165) is 0 Å². The van der Waals surface area contributed by atoms with Gasteiger partial charge in [-0.05, 0) is 24.1 Å². The van der Waals surface area contributed by atoms with Crippen LogP contribution in [0.2, 0.25) is 5.02 Å². The number of hydrogen-bond donors (Lipinski definition) is 4. The van der Waals surface area contributed by atoms with Crippen LogP contribution in [0.4, 0.5) is 14.5 Å². The Morgan fingerprint density at radius 3 is 2.47 bits per heavy atom. The second-order valence-corrected chi connectivity index (χ2v) is 8.73. The smallest absolute Gasteiger partial charge is 0.305 e. The Balaban J connectivity index is 2.25. The number of nitrogens with two attached hydrogens (primary N) is 1. The number of anilines is 1. The zero-order valence-corrected chi connectivity index (χ0v) is 19.1. The molecule has 1 aliphatic rings. The van der Waals surface area contributed by atoms with E-state index in [2.05, 4.69) is 10.6 Å². The molecule has 3 atom stereocenters. The largest absolute Gasteiger partial charge is 0.481 e. The molecule has 2 rings (SSSR count). The quantitative estimate of drug-likeness (QED) is 0.290. The number of rotatable bonds is 9. The van der Waals surface area contributed by atoms with Gasteiger partial charge in [-0.2, -0.15) is 0 Å². The molecule has 0 unspecified atom stereocenters. The van der Waals surface area contributed by atoms with Crippen molar-refractivity contribution in [3.63, 3.8) is 0 Å². The summed E-state index contributed by atoms with van der Waals surface area (Å²) in [5.74, 6) is -8.06. The van der Waals surface area contributed by atoms with E-state index in [4.69, 9.17) is 22.4 Å². The molecule has 0 saturated carbocycles. The Bertz CT molecular complexity index is 990. The molecule has 0 spiro atoms. The van der Waals surface area contributed by atoms with Crippen molar-refractivity contribution in [1.82, 2.24) is 15.5 Å². The summed E-state index contributed by atoms with van der Waals surface area (Å²) >= 11 is 5.92. The van der Waals surface area contributed by atoms with Crippen LogP contribution >= 0.6 is 11.6 Å². The summed E-state index contributed by atoms with van der Waals surface area (Å²) in [5.41, 5.74) is 5.94. The first kappa shape index (κ1) is 27.0. The SMILES string of the molecule is CC(C)[C@H](NC(=O)c1ccc(N)c(Cl)c1)C(=O)N1CC(F)(F)C[C@H]1C(=O)N[C@H](C=O)CC(=O)O. The highest BCUT2D eigenvalue weighted by Gasteiger charge is 2.51. The van der Waals surface area contributed by atoms with E-state index in [1.165, 1.54) is 18.2 Å². The fourth-order valence-corrected chi connectivity index (χ4v) is 3.65. The Morgan fingerprint density at radius 2 is 1.94 bits per heavy atom. The summed E-state index contributed by atoms with van der Waals surface area (Å²) in [7, 11) is 0. The van der Waals surface area contributed by atoms with Crippen LogP contribution in [0.3, 0.4) is 0 Å². The maximum Gasteiger partial charge on any atom is 0.305 e. The number of hydrogen-bond acceptors (Lipinski definition) is 6. The highest BCUT2D eigenvalue weighted by Crippen LogP contribution is 2.33. The average molecular weight is 503 g/mol. The van der Waals surface area contributed by atoms with E-state index < -0.39 is 73.0 Å². The van der Waals surface area contributed by atoms with E-state index >= 15 is 0 Å². The van der Waals surface area contributed by atoms with Gasteiger partial charge in [-0.3, -0.25) is 19.2 Å². The monoisotopic (exact) mass is 502 g/mol. The van der Waals surface area contributed by atoms with Gasteiger partial charge in [0.25, 0.3) is 11.8 Å².